The molecule has 0 amide bonds. The second-order valence-electron chi connectivity index (χ2n) is 7.35. The van der Waals surface area contributed by atoms with Gasteiger partial charge in [0.15, 0.2) is 5.01 Å². The fourth-order valence-electron chi connectivity index (χ4n) is 3.65. The van der Waals surface area contributed by atoms with Crippen LogP contribution in [0, 0.1) is 0 Å². The lowest BCUT2D eigenvalue weighted by molar-refractivity contribution is -0.137. The fourth-order valence-corrected chi connectivity index (χ4v) is 6.21. The first-order valence-corrected chi connectivity index (χ1v) is 12.1. The summed E-state index contributed by atoms with van der Waals surface area (Å²) in [5.74, 6) is 0.723. The van der Waals surface area contributed by atoms with E-state index in [2.05, 4.69) is 10.2 Å². The number of rotatable bonds is 5. The molecule has 170 valence electrons. The molecule has 0 aliphatic carbocycles. The normalized spacial score (nSPS) is 16.2. The summed E-state index contributed by atoms with van der Waals surface area (Å²) in [7, 11) is -2.43. The van der Waals surface area contributed by atoms with Gasteiger partial charge in [-0.15, -0.1) is 10.2 Å². The van der Waals surface area contributed by atoms with E-state index >= 15 is 0 Å². The Morgan fingerprint density at radius 2 is 1.78 bits per heavy atom. The molecule has 11 heteroatoms. The number of ether oxygens (including phenoxy) is 1. The molecule has 2 heterocycles. The van der Waals surface area contributed by atoms with E-state index in [9.17, 15) is 21.6 Å². The van der Waals surface area contributed by atoms with E-state index in [4.69, 9.17) is 4.74 Å². The SMILES string of the molecule is COc1ccccc1-c1nnc(C2CCN(S(=O)(=O)c3cccc(C(F)(F)F)c3)CC2)s1. The number of halogens is 3. The zero-order chi connectivity index (χ0) is 22.9. The van der Waals surface area contributed by atoms with E-state index in [0.717, 1.165) is 27.7 Å². The molecule has 0 saturated carbocycles. The zero-order valence-electron chi connectivity index (χ0n) is 17.0. The van der Waals surface area contributed by atoms with Crippen molar-refractivity contribution >= 4 is 21.4 Å². The van der Waals surface area contributed by atoms with Crippen molar-refractivity contribution in [2.75, 3.05) is 20.2 Å². The first kappa shape index (κ1) is 22.7. The molecule has 4 rings (SSSR count). The minimum Gasteiger partial charge on any atom is -0.496 e. The van der Waals surface area contributed by atoms with Crippen molar-refractivity contribution in [2.24, 2.45) is 0 Å². The van der Waals surface area contributed by atoms with E-state index in [1.165, 1.54) is 21.7 Å². The zero-order valence-corrected chi connectivity index (χ0v) is 18.7. The lowest BCUT2D eigenvalue weighted by atomic mass is 9.99. The molecule has 0 radical (unpaired) electrons. The van der Waals surface area contributed by atoms with Crippen LogP contribution in [0.5, 0.6) is 5.75 Å². The molecule has 6 nitrogen and oxygen atoms in total. The number of hydrogen-bond donors (Lipinski definition) is 0. The van der Waals surface area contributed by atoms with Crippen molar-refractivity contribution in [3.8, 4) is 16.3 Å². The Hall–Kier alpha value is -2.50. The van der Waals surface area contributed by atoms with Gasteiger partial charge in [0.25, 0.3) is 0 Å². The summed E-state index contributed by atoms with van der Waals surface area (Å²) in [4.78, 5) is -0.347. The first-order chi connectivity index (χ1) is 15.2. The van der Waals surface area contributed by atoms with E-state index in [1.807, 2.05) is 24.3 Å². The molecule has 2 aromatic carbocycles. The monoisotopic (exact) mass is 483 g/mol. The highest BCUT2D eigenvalue weighted by Gasteiger charge is 2.35. The number of methoxy groups -OCH3 is 1. The molecule has 0 spiro atoms. The van der Waals surface area contributed by atoms with Crippen LogP contribution in [-0.2, 0) is 16.2 Å². The predicted molar refractivity (Wildman–Crippen MR) is 114 cm³/mol. The lowest BCUT2D eigenvalue weighted by Crippen LogP contribution is -2.38. The maximum absolute atomic E-state index is 13.0. The Morgan fingerprint density at radius 1 is 1.06 bits per heavy atom. The van der Waals surface area contributed by atoms with E-state index in [1.54, 1.807) is 7.11 Å². The molecule has 1 aliphatic heterocycles. The standard InChI is InChI=1S/C21H20F3N3O3S2/c1-30-18-8-3-2-7-17(18)20-26-25-19(31-20)14-9-11-27(12-10-14)32(28,29)16-6-4-5-15(13-16)21(22,23)24/h2-8,13-14H,9-12H2,1H3. The third-order valence-electron chi connectivity index (χ3n) is 5.38. The average molecular weight is 484 g/mol. The van der Waals surface area contributed by atoms with Crippen molar-refractivity contribution in [1.29, 1.82) is 0 Å². The number of benzene rings is 2. The first-order valence-electron chi connectivity index (χ1n) is 9.84. The third kappa shape index (κ3) is 4.50. The van der Waals surface area contributed by atoms with E-state index in [0.29, 0.717) is 24.7 Å². The Labute approximate surface area is 187 Å². The summed E-state index contributed by atoms with van der Waals surface area (Å²) < 4.78 is 71.3. The molecule has 1 aliphatic rings. The van der Waals surface area contributed by atoms with Crippen LogP contribution in [0.1, 0.15) is 29.3 Å². The Balaban J connectivity index is 1.47. The van der Waals surface area contributed by atoms with Gasteiger partial charge >= 0.3 is 6.18 Å². The van der Waals surface area contributed by atoms with Gasteiger partial charge in [-0.3, -0.25) is 0 Å². The van der Waals surface area contributed by atoms with Gasteiger partial charge in [0.1, 0.15) is 10.8 Å². The van der Waals surface area contributed by atoms with Crippen LogP contribution < -0.4 is 4.74 Å². The minimum absolute atomic E-state index is 0.0314. The van der Waals surface area contributed by atoms with Crippen LogP contribution >= 0.6 is 11.3 Å². The van der Waals surface area contributed by atoms with Crippen LogP contribution in [0.2, 0.25) is 0 Å². The van der Waals surface area contributed by atoms with Crippen molar-refractivity contribution in [3.63, 3.8) is 0 Å². The third-order valence-corrected chi connectivity index (χ3v) is 8.39. The maximum Gasteiger partial charge on any atom is 0.416 e. The number of para-hydroxylation sites is 1. The number of sulfonamides is 1. The highest BCUT2D eigenvalue weighted by atomic mass is 32.2. The molecular formula is C21H20F3N3O3S2. The van der Waals surface area contributed by atoms with Gasteiger partial charge < -0.3 is 4.74 Å². The minimum atomic E-state index is -4.60. The van der Waals surface area contributed by atoms with Gasteiger partial charge in [-0.05, 0) is 43.2 Å². The number of aromatic nitrogens is 2. The summed E-state index contributed by atoms with van der Waals surface area (Å²) in [6.45, 7) is 0.402. The van der Waals surface area contributed by atoms with Crippen molar-refractivity contribution < 1.29 is 26.3 Å². The second kappa shape index (κ2) is 8.80. The average Bonchev–Trinajstić information content (AvgIpc) is 3.29. The van der Waals surface area contributed by atoms with E-state index < -0.39 is 21.8 Å². The topological polar surface area (TPSA) is 72.4 Å². The van der Waals surface area contributed by atoms with Gasteiger partial charge in [0, 0.05) is 19.0 Å². The summed E-state index contributed by atoms with van der Waals surface area (Å²) in [6.07, 6.45) is -3.58. The smallest absolute Gasteiger partial charge is 0.416 e. The molecule has 1 aromatic heterocycles. The molecule has 0 unspecified atom stereocenters. The number of piperidine rings is 1. The molecule has 0 N–H and O–H groups in total. The van der Waals surface area contributed by atoms with E-state index in [-0.39, 0.29) is 23.9 Å². The lowest BCUT2D eigenvalue weighted by Gasteiger charge is -2.30. The number of hydrogen-bond acceptors (Lipinski definition) is 6. The fraction of sp³-hybridized carbons (Fsp3) is 0.333. The van der Waals surface area contributed by atoms with Crippen molar-refractivity contribution in [3.05, 3.63) is 59.1 Å². The van der Waals surface area contributed by atoms with Gasteiger partial charge in [0.2, 0.25) is 10.0 Å². The summed E-state index contributed by atoms with van der Waals surface area (Å²) >= 11 is 1.44. The maximum atomic E-state index is 13.0. The number of nitrogens with zero attached hydrogens (tertiary/aromatic N) is 3. The highest BCUT2D eigenvalue weighted by Crippen LogP contribution is 2.38. The molecule has 0 atom stereocenters. The summed E-state index contributed by atoms with van der Waals surface area (Å²) in [5, 5.41) is 10.1. The van der Waals surface area contributed by atoms with Gasteiger partial charge in [-0.1, -0.05) is 29.5 Å². The molecule has 32 heavy (non-hydrogen) atoms. The van der Waals surface area contributed by atoms with Crippen LogP contribution in [0.25, 0.3) is 10.6 Å². The summed E-state index contributed by atoms with van der Waals surface area (Å²) in [5.41, 5.74) is -0.144. The van der Waals surface area contributed by atoms with Gasteiger partial charge in [-0.25, -0.2) is 8.42 Å². The Bertz CT molecular complexity index is 1200. The van der Waals surface area contributed by atoms with Crippen LogP contribution in [0.4, 0.5) is 13.2 Å². The molecule has 1 saturated heterocycles. The Kier molecular flexibility index (Phi) is 6.24. The predicted octanol–water partition coefficient (Wildman–Crippen LogP) is 4.80. The number of alkyl halides is 3. The molecule has 1 fully saturated rings. The van der Waals surface area contributed by atoms with Crippen LogP contribution in [-0.4, -0.2) is 43.1 Å². The molecule has 0 bridgehead atoms. The van der Waals surface area contributed by atoms with Crippen molar-refractivity contribution in [1.82, 2.24) is 14.5 Å². The van der Waals surface area contributed by atoms with Gasteiger partial charge in [-0.2, -0.15) is 17.5 Å². The Morgan fingerprint density at radius 3 is 2.47 bits per heavy atom. The van der Waals surface area contributed by atoms with Crippen LogP contribution in [0.3, 0.4) is 0 Å². The molecular weight excluding hydrogens is 463 g/mol. The van der Waals surface area contributed by atoms with Crippen LogP contribution in [0.15, 0.2) is 53.4 Å². The van der Waals surface area contributed by atoms with Crippen molar-refractivity contribution in [2.45, 2.75) is 29.8 Å². The quantitative estimate of drug-likeness (QED) is 0.521. The molecule has 3 aromatic rings. The second-order valence-corrected chi connectivity index (χ2v) is 10.3. The van der Waals surface area contributed by atoms with Gasteiger partial charge in [0.05, 0.1) is 23.1 Å². The largest absolute Gasteiger partial charge is 0.496 e. The highest BCUT2D eigenvalue weighted by molar-refractivity contribution is 7.89. The summed E-state index contributed by atoms with van der Waals surface area (Å²) in [6, 6.07) is 11.3.